The molecule has 0 bridgehead atoms. The van der Waals surface area contributed by atoms with E-state index in [1.54, 1.807) is 0 Å². The van der Waals surface area contributed by atoms with Crippen molar-refractivity contribution in [3.05, 3.63) is 0 Å². The monoisotopic (exact) mass is 244 g/mol. The fourth-order valence-electron chi connectivity index (χ4n) is 3.25. The lowest BCUT2D eigenvalue weighted by molar-refractivity contribution is -0.116. The van der Waals surface area contributed by atoms with Crippen molar-refractivity contribution in [1.29, 1.82) is 0 Å². The lowest BCUT2D eigenvalue weighted by Crippen LogP contribution is -2.46. The lowest BCUT2D eigenvalue weighted by Gasteiger charge is -2.43. The molecule has 2 rings (SSSR count). The van der Waals surface area contributed by atoms with E-state index in [4.69, 9.17) is 0 Å². The number of rotatable bonds is 2. The Morgan fingerprint density at radius 3 is 1.29 bits per heavy atom. The highest BCUT2D eigenvalue weighted by Gasteiger charge is 2.42. The molecule has 0 spiro atoms. The quantitative estimate of drug-likeness (QED) is 0.576. The molecular formula is C13H24O4. The SMILES string of the molecule is OC1CCC(O)(CC2(O)CCC(O)CC2)CC1. The Morgan fingerprint density at radius 2 is 1.00 bits per heavy atom. The lowest BCUT2D eigenvalue weighted by atomic mass is 9.71. The van der Waals surface area contributed by atoms with Crippen molar-refractivity contribution in [3.63, 3.8) is 0 Å². The Bertz CT molecular complexity index is 224. The van der Waals surface area contributed by atoms with Crippen LogP contribution in [-0.4, -0.2) is 43.8 Å². The summed E-state index contributed by atoms with van der Waals surface area (Å²) in [5.74, 6) is 0. The van der Waals surface area contributed by atoms with Gasteiger partial charge >= 0.3 is 0 Å². The Balaban J connectivity index is 1.91. The van der Waals surface area contributed by atoms with Gasteiger partial charge in [-0.2, -0.15) is 0 Å². The maximum atomic E-state index is 10.4. The van der Waals surface area contributed by atoms with Crippen molar-refractivity contribution in [2.75, 3.05) is 0 Å². The molecule has 0 aromatic carbocycles. The normalized spacial score (nSPS) is 48.0. The fourth-order valence-corrected chi connectivity index (χ4v) is 3.25. The molecule has 2 aliphatic carbocycles. The van der Waals surface area contributed by atoms with E-state index in [0.717, 1.165) is 0 Å². The summed E-state index contributed by atoms with van der Waals surface area (Å²) in [4.78, 5) is 0. The minimum atomic E-state index is -0.823. The van der Waals surface area contributed by atoms with E-state index in [1.807, 2.05) is 0 Å². The van der Waals surface area contributed by atoms with E-state index in [9.17, 15) is 20.4 Å². The summed E-state index contributed by atoms with van der Waals surface area (Å²) in [6, 6.07) is 0. The average Bonchev–Trinajstić information content (AvgIpc) is 2.28. The molecule has 4 nitrogen and oxygen atoms in total. The summed E-state index contributed by atoms with van der Waals surface area (Å²) in [7, 11) is 0. The van der Waals surface area contributed by atoms with Crippen LogP contribution in [-0.2, 0) is 0 Å². The van der Waals surface area contributed by atoms with Gasteiger partial charge in [-0.15, -0.1) is 0 Å². The standard InChI is InChI=1S/C13H24O4/c14-10-1-5-12(16,6-2-10)9-13(17)7-3-11(15)4-8-13/h10-11,14-17H,1-9H2. The third-order valence-corrected chi connectivity index (χ3v) is 4.43. The van der Waals surface area contributed by atoms with Crippen LogP contribution in [0.2, 0.25) is 0 Å². The summed E-state index contributed by atoms with van der Waals surface area (Å²) in [5.41, 5.74) is -1.65. The number of aliphatic hydroxyl groups excluding tert-OH is 2. The third kappa shape index (κ3) is 3.41. The minimum Gasteiger partial charge on any atom is -0.393 e. The van der Waals surface area contributed by atoms with E-state index in [-0.39, 0.29) is 12.2 Å². The van der Waals surface area contributed by atoms with Gasteiger partial charge in [0.05, 0.1) is 23.4 Å². The van der Waals surface area contributed by atoms with Gasteiger partial charge in [0, 0.05) is 6.42 Å². The topological polar surface area (TPSA) is 80.9 Å². The molecule has 0 atom stereocenters. The first kappa shape index (κ1) is 13.3. The van der Waals surface area contributed by atoms with E-state index in [2.05, 4.69) is 0 Å². The van der Waals surface area contributed by atoms with Crippen LogP contribution in [0.25, 0.3) is 0 Å². The molecule has 2 saturated carbocycles. The first-order chi connectivity index (χ1) is 7.91. The summed E-state index contributed by atoms with van der Waals surface area (Å²) >= 11 is 0. The molecule has 0 aromatic rings. The molecule has 0 heterocycles. The Labute approximate surface area is 102 Å². The van der Waals surface area contributed by atoms with Crippen molar-refractivity contribution >= 4 is 0 Å². The molecule has 17 heavy (non-hydrogen) atoms. The van der Waals surface area contributed by atoms with Gasteiger partial charge in [-0.05, 0) is 51.4 Å². The van der Waals surface area contributed by atoms with Gasteiger partial charge in [0.25, 0.3) is 0 Å². The predicted molar refractivity (Wildman–Crippen MR) is 63.5 cm³/mol. The summed E-state index contributed by atoms with van der Waals surface area (Å²) in [6.07, 6.45) is 4.56. The molecule has 0 aliphatic heterocycles. The largest absolute Gasteiger partial charge is 0.393 e. The van der Waals surface area contributed by atoms with Crippen LogP contribution in [0.5, 0.6) is 0 Å². The van der Waals surface area contributed by atoms with Crippen molar-refractivity contribution < 1.29 is 20.4 Å². The average molecular weight is 244 g/mol. The first-order valence-electron chi connectivity index (χ1n) is 6.72. The predicted octanol–water partition coefficient (Wildman–Crippen LogP) is 0.708. The van der Waals surface area contributed by atoms with E-state index >= 15 is 0 Å². The number of hydrogen-bond donors (Lipinski definition) is 4. The second-order valence-electron chi connectivity index (χ2n) is 6.09. The van der Waals surface area contributed by atoms with Gasteiger partial charge in [-0.1, -0.05) is 0 Å². The molecule has 0 saturated heterocycles. The molecule has 0 radical (unpaired) electrons. The molecule has 2 fully saturated rings. The Kier molecular flexibility index (Phi) is 3.78. The molecule has 0 amide bonds. The van der Waals surface area contributed by atoms with Gasteiger partial charge in [-0.3, -0.25) is 0 Å². The number of hydrogen-bond acceptors (Lipinski definition) is 4. The van der Waals surface area contributed by atoms with Crippen LogP contribution < -0.4 is 0 Å². The highest BCUT2D eigenvalue weighted by molar-refractivity contribution is 4.95. The zero-order valence-electron chi connectivity index (χ0n) is 10.3. The van der Waals surface area contributed by atoms with Gasteiger partial charge in [-0.25, -0.2) is 0 Å². The van der Waals surface area contributed by atoms with Crippen molar-refractivity contribution in [2.24, 2.45) is 0 Å². The van der Waals surface area contributed by atoms with Crippen molar-refractivity contribution in [1.82, 2.24) is 0 Å². The maximum Gasteiger partial charge on any atom is 0.0677 e. The second kappa shape index (κ2) is 4.84. The smallest absolute Gasteiger partial charge is 0.0677 e. The third-order valence-electron chi connectivity index (χ3n) is 4.43. The van der Waals surface area contributed by atoms with Gasteiger partial charge in [0.1, 0.15) is 0 Å². The maximum absolute atomic E-state index is 10.4. The molecule has 0 aromatic heterocycles. The van der Waals surface area contributed by atoms with Crippen molar-refractivity contribution in [2.45, 2.75) is 81.2 Å². The summed E-state index contributed by atoms with van der Waals surface area (Å²) < 4.78 is 0. The second-order valence-corrected chi connectivity index (χ2v) is 6.09. The van der Waals surface area contributed by atoms with E-state index in [1.165, 1.54) is 0 Å². The summed E-state index contributed by atoms with van der Waals surface area (Å²) in [5, 5.41) is 39.8. The van der Waals surface area contributed by atoms with Crippen LogP contribution in [0.15, 0.2) is 0 Å². The zero-order chi connectivity index (χ0) is 12.5. The minimum absolute atomic E-state index is 0.293. The van der Waals surface area contributed by atoms with Crippen LogP contribution in [0, 0.1) is 0 Å². The first-order valence-corrected chi connectivity index (χ1v) is 6.72. The molecule has 4 N–H and O–H groups in total. The van der Waals surface area contributed by atoms with Gasteiger partial charge in [0.15, 0.2) is 0 Å². The van der Waals surface area contributed by atoms with E-state index < -0.39 is 11.2 Å². The fraction of sp³-hybridized carbons (Fsp3) is 1.00. The Hall–Kier alpha value is -0.160. The Morgan fingerprint density at radius 1 is 0.706 bits per heavy atom. The highest BCUT2D eigenvalue weighted by Crippen LogP contribution is 2.40. The summed E-state index contributed by atoms with van der Waals surface area (Å²) in [6.45, 7) is 0. The van der Waals surface area contributed by atoms with Crippen LogP contribution >= 0.6 is 0 Å². The van der Waals surface area contributed by atoms with E-state index in [0.29, 0.717) is 57.8 Å². The van der Waals surface area contributed by atoms with Crippen LogP contribution in [0.1, 0.15) is 57.8 Å². The van der Waals surface area contributed by atoms with Gasteiger partial charge in [0.2, 0.25) is 0 Å². The molecule has 4 heteroatoms. The highest BCUT2D eigenvalue weighted by atomic mass is 16.3. The molecular weight excluding hydrogens is 220 g/mol. The van der Waals surface area contributed by atoms with Gasteiger partial charge < -0.3 is 20.4 Å². The zero-order valence-corrected chi connectivity index (χ0v) is 10.3. The van der Waals surface area contributed by atoms with Crippen molar-refractivity contribution in [3.8, 4) is 0 Å². The van der Waals surface area contributed by atoms with Crippen LogP contribution in [0.4, 0.5) is 0 Å². The van der Waals surface area contributed by atoms with Crippen LogP contribution in [0.3, 0.4) is 0 Å². The molecule has 100 valence electrons. The number of aliphatic hydroxyl groups is 4. The molecule has 2 aliphatic rings. The molecule has 0 unspecified atom stereocenters.